The van der Waals surface area contributed by atoms with Crippen LogP contribution in [0, 0.1) is 5.92 Å². The quantitative estimate of drug-likeness (QED) is 0.448. The second-order valence-electron chi connectivity index (χ2n) is 5.50. The van der Waals surface area contributed by atoms with E-state index in [0.717, 1.165) is 24.3 Å². The Balaban J connectivity index is 2.73. The van der Waals surface area contributed by atoms with Gasteiger partial charge >= 0.3 is 0 Å². The number of carbonyl (C=O) groups excluding carboxylic acids is 1. The Morgan fingerprint density at radius 3 is 2.73 bits per heavy atom. The van der Waals surface area contributed by atoms with Crippen LogP contribution in [0.3, 0.4) is 0 Å². The van der Waals surface area contributed by atoms with Crippen molar-refractivity contribution in [2.75, 3.05) is 13.2 Å². The van der Waals surface area contributed by atoms with Crippen LogP contribution in [0.2, 0.25) is 0 Å². The van der Waals surface area contributed by atoms with E-state index in [-0.39, 0.29) is 5.78 Å². The number of rotatable bonds is 8. The van der Waals surface area contributed by atoms with Gasteiger partial charge in [-0.2, -0.15) is 0 Å². The van der Waals surface area contributed by atoms with Crippen molar-refractivity contribution in [2.45, 2.75) is 39.9 Å². The number of carbonyl (C=O) groups is 1. The largest absolute Gasteiger partial charge is 0.494 e. The van der Waals surface area contributed by atoms with Crippen molar-refractivity contribution in [3.8, 4) is 5.75 Å². The Kier molecular flexibility index (Phi) is 8.02. The monoisotopic (exact) mass is 322 g/mol. The molecular weight excluding hydrogens is 296 g/mol. The van der Waals surface area contributed by atoms with E-state index in [1.165, 1.54) is 11.8 Å². The molecule has 0 fully saturated rings. The second-order valence-corrected chi connectivity index (χ2v) is 6.50. The van der Waals surface area contributed by atoms with Gasteiger partial charge in [-0.25, -0.2) is 0 Å². The van der Waals surface area contributed by atoms with Crippen LogP contribution in [0.15, 0.2) is 23.2 Å². The fourth-order valence-corrected chi connectivity index (χ4v) is 2.55. The number of ether oxygens (including phenoxy) is 1. The fourth-order valence-electron chi connectivity index (χ4n) is 1.84. The van der Waals surface area contributed by atoms with Crippen LogP contribution in [-0.4, -0.2) is 24.1 Å². The van der Waals surface area contributed by atoms with Crippen LogP contribution < -0.4 is 10.5 Å². The lowest BCUT2D eigenvalue weighted by Gasteiger charge is -2.11. The summed E-state index contributed by atoms with van der Waals surface area (Å²) in [5.41, 5.74) is 7.60. The lowest BCUT2D eigenvalue weighted by atomic mass is 10.1. The number of amidine groups is 1. The van der Waals surface area contributed by atoms with Crippen LogP contribution >= 0.6 is 11.8 Å². The second kappa shape index (κ2) is 9.51. The molecule has 2 N–H and O–H groups in total. The molecule has 0 aliphatic carbocycles. The number of hydrogen-bond donors (Lipinski definition) is 1. The molecule has 0 atom stereocenters. The molecule has 0 aliphatic heterocycles. The summed E-state index contributed by atoms with van der Waals surface area (Å²) in [5.74, 6) is 2.12. The van der Waals surface area contributed by atoms with E-state index in [1.807, 2.05) is 19.1 Å². The molecule has 0 saturated heterocycles. The van der Waals surface area contributed by atoms with Gasteiger partial charge < -0.3 is 10.5 Å². The van der Waals surface area contributed by atoms with Crippen LogP contribution in [0.1, 0.15) is 50.0 Å². The highest BCUT2D eigenvalue weighted by Gasteiger charge is 2.09. The van der Waals surface area contributed by atoms with E-state index in [4.69, 9.17) is 10.5 Å². The van der Waals surface area contributed by atoms with E-state index >= 15 is 0 Å². The summed E-state index contributed by atoms with van der Waals surface area (Å²) in [4.78, 5) is 15.9. The standard InChI is InChI=1S/C17H26N2O2S/c1-5-21-16-7-6-14(13(4)20)10-15(16)11-22-17(18)19-9-8-12(2)3/h6-7,10,12H,5,8-9,11H2,1-4H3,(H2,18,19). The number of thioether (sulfide) groups is 1. The topological polar surface area (TPSA) is 64.7 Å². The molecular formula is C17H26N2O2S. The predicted molar refractivity (Wildman–Crippen MR) is 94.9 cm³/mol. The average Bonchev–Trinajstić information content (AvgIpc) is 2.45. The molecule has 0 amide bonds. The average molecular weight is 322 g/mol. The molecule has 0 unspecified atom stereocenters. The number of Topliss-reactive ketones (excluding diaryl/α,β-unsaturated/α-hetero) is 1. The number of benzene rings is 1. The minimum absolute atomic E-state index is 0.0490. The molecule has 0 radical (unpaired) electrons. The van der Waals surface area contributed by atoms with Gasteiger partial charge in [-0.15, -0.1) is 0 Å². The molecule has 1 rings (SSSR count). The van der Waals surface area contributed by atoms with Crippen molar-refractivity contribution in [2.24, 2.45) is 16.6 Å². The van der Waals surface area contributed by atoms with Crippen molar-refractivity contribution < 1.29 is 9.53 Å². The Hall–Kier alpha value is -1.49. The Morgan fingerprint density at radius 1 is 1.41 bits per heavy atom. The molecule has 0 spiro atoms. The van der Waals surface area contributed by atoms with Crippen molar-refractivity contribution in [1.82, 2.24) is 0 Å². The molecule has 1 aromatic carbocycles. The summed E-state index contributed by atoms with van der Waals surface area (Å²) in [6, 6.07) is 5.52. The minimum Gasteiger partial charge on any atom is -0.494 e. The first kappa shape index (κ1) is 18.6. The molecule has 0 bridgehead atoms. The summed E-state index contributed by atoms with van der Waals surface area (Å²) in [6.45, 7) is 9.18. The zero-order valence-electron chi connectivity index (χ0n) is 13.9. The van der Waals surface area contributed by atoms with Gasteiger partial charge in [0.1, 0.15) is 5.75 Å². The van der Waals surface area contributed by atoms with Crippen molar-refractivity contribution in [3.63, 3.8) is 0 Å². The third-order valence-electron chi connectivity index (χ3n) is 3.12. The number of ketones is 1. The third-order valence-corrected chi connectivity index (χ3v) is 4.00. The Labute approximate surface area is 137 Å². The van der Waals surface area contributed by atoms with Gasteiger partial charge in [0, 0.05) is 23.4 Å². The summed E-state index contributed by atoms with van der Waals surface area (Å²) in [7, 11) is 0. The molecule has 0 heterocycles. The molecule has 5 heteroatoms. The maximum Gasteiger partial charge on any atom is 0.159 e. The Morgan fingerprint density at radius 2 is 2.14 bits per heavy atom. The number of aliphatic imine (C=N–C) groups is 1. The van der Waals surface area contributed by atoms with Gasteiger partial charge in [-0.05, 0) is 44.4 Å². The highest BCUT2D eigenvalue weighted by molar-refractivity contribution is 8.13. The van der Waals surface area contributed by atoms with Crippen LogP contribution in [0.4, 0.5) is 0 Å². The number of hydrogen-bond acceptors (Lipinski definition) is 4. The minimum atomic E-state index is 0.0490. The lowest BCUT2D eigenvalue weighted by Crippen LogP contribution is -2.09. The van der Waals surface area contributed by atoms with Gasteiger partial charge in [0.2, 0.25) is 0 Å². The molecule has 1 aromatic rings. The molecule has 4 nitrogen and oxygen atoms in total. The lowest BCUT2D eigenvalue weighted by molar-refractivity contribution is 0.101. The SMILES string of the molecule is CCOc1ccc(C(C)=O)cc1CSC(N)=NCCC(C)C. The maximum absolute atomic E-state index is 11.5. The van der Waals surface area contributed by atoms with E-state index in [2.05, 4.69) is 18.8 Å². The van der Waals surface area contributed by atoms with Crippen molar-refractivity contribution >= 4 is 22.7 Å². The first-order valence-electron chi connectivity index (χ1n) is 7.63. The van der Waals surface area contributed by atoms with Crippen LogP contribution in [-0.2, 0) is 5.75 Å². The predicted octanol–water partition coefficient (Wildman–Crippen LogP) is 3.88. The summed E-state index contributed by atoms with van der Waals surface area (Å²) < 4.78 is 5.61. The van der Waals surface area contributed by atoms with Gasteiger partial charge in [0.25, 0.3) is 0 Å². The third kappa shape index (κ3) is 6.52. The first-order chi connectivity index (χ1) is 10.4. The van der Waals surface area contributed by atoms with Gasteiger partial charge in [0.05, 0.1) is 6.61 Å². The zero-order valence-corrected chi connectivity index (χ0v) is 14.7. The fraction of sp³-hybridized carbons (Fsp3) is 0.529. The van der Waals surface area contributed by atoms with Gasteiger partial charge in [0.15, 0.2) is 11.0 Å². The molecule has 0 aromatic heterocycles. The van der Waals surface area contributed by atoms with Crippen molar-refractivity contribution in [3.05, 3.63) is 29.3 Å². The Bertz CT molecular complexity index is 527. The van der Waals surface area contributed by atoms with E-state index in [0.29, 0.717) is 29.0 Å². The highest BCUT2D eigenvalue weighted by Crippen LogP contribution is 2.25. The first-order valence-corrected chi connectivity index (χ1v) is 8.62. The number of nitrogens with zero attached hydrogens (tertiary/aromatic N) is 1. The highest BCUT2D eigenvalue weighted by atomic mass is 32.2. The zero-order chi connectivity index (χ0) is 16.5. The molecule has 122 valence electrons. The van der Waals surface area contributed by atoms with Crippen LogP contribution in [0.5, 0.6) is 5.75 Å². The van der Waals surface area contributed by atoms with E-state index in [1.54, 1.807) is 13.0 Å². The molecule has 22 heavy (non-hydrogen) atoms. The van der Waals surface area contributed by atoms with E-state index < -0.39 is 0 Å². The summed E-state index contributed by atoms with van der Waals surface area (Å²) in [5, 5.41) is 0.580. The summed E-state index contributed by atoms with van der Waals surface area (Å²) >= 11 is 1.48. The van der Waals surface area contributed by atoms with Crippen LogP contribution in [0.25, 0.3) is 0 Å². The molecule has 0 saturated carbocycles. The normalized spacial score (nSPS) is 11.8. The summed E-state index contributed by atoms with van der Waals surface area (Å²) in [6.07, 6.45) is 1.03. The maximum atomic E-state index is 11.5. The van der Waals surface area contributed by atoms with Gasteiger partial charge in [-0.3, -0.25) is 9.79 Å². The number of nitrogens with two attached hydrogens (primary N) is 1. The van der Waals surface area contributed by atoms with Gasteiger partial charge in [-0.1, -0.05) is 25.6 Å². The molecule has 0 aliphatic rings. The van der Waals surface area contributed by atoms with E-state index in [9.17, 15) is 4.79 Å². The smallest absolute Gasteiger partial charge is 0.159 e. The van der Waals surface area contributed by atoms with Crippen molar-refractivity contribution in [1.29, 1.82) is 0 Å².